The third-order valence-electron chi connectivity index (χ3n) is 3.64. The van der Waals surface area contributed by atoms with Crippen LogP contribution in [0.15, 0.2) is 42.5 Å². The molecule has 2 aromatic carbocycles. The molecule has 0 radical (unpaired) electrons. The molecule has 118 valence electrons. The second kappa shape index (κ2) is 8.06. The summed E-state index contributed by atoms with van der Waals surface area (Å²) >= 11 is 6.26. The number of halogens is 1. The summed E-state index contributed by atoms with van der Waals surface area (Å²) < 4.78 is 10.9. The molecule has 2 aromatic rings. The molecule has 4 heteroatoms. The van der Waals surface area contributed by atoms with Gasteiger partial charge in [0.05, 0.1) is 18.7 Å². The van der Waals surface area contributed by atoms with Gasteiger partial charge in [-0.2, -0.15) is 0 Å². The van der Waals surface area contributed by atoms with Crippen LogP contribution in [0.4, 0.5) is 0 Å². The van der Waals surface area contributed by atoms with Crippen molar-refractivity contribution in [1.29, 1.82) is 0 Å². The molecule has 0 saturated carbocycles. The molecule has 0 amide bonds. The lowest BCUT2D eigenvalue weighted by Crippen LogP contribution is -2.16. The minimum absolute atomic E-state index is 0.185. The van der Waals surface area contributed by atoms with Crippen molar-refractivity contribution >= 4 is 11.6 Å². The summed E-state index contributed by atoms with van der Waals surface area (Å²) in [5, 5.41) is 0.634. The molecule has 2 N–H and O–H groups in total. The minimum atomic E-state index is 0.185. The summed E-state index contributed by atoms with van der Waals surface area (Å²) in [6.07, 6.45) is 0.809. The maximum Gasteiger partial charge on any atom is 0.137 e. The van der Waals surface area contributed by atoms with Gasteiger partial charge in [-0.15, -0.1) is 0 Å². The molecule has 3 nitrogen and oxygen atoms in total. The summed E-state index contributed by atoms with van der Waals surface area (Å²) in [7, 11) is 1.68. The molecule has 0 bridgehead atoms. The highest BCUT2D eigenvalue weighted by Crippen LogP contribution is 2.31. The highest BCUT2D eigenvalue weighted by molar-refractivity contribution is 6.32. The lowest BCUT2D eigenvalue weighted by atomic mass is 9.91. The zero-order valence-corrected chi connectivity index (χ0v) is 13.8. The normalized spacial score (nSPS) is 12.0. The standard InChI is InChI=1S/C18H22ClNO2/c1-3-22-18-9-8-13(11-16(18)19)10-14(12-20)15-6-4-5-7-17(15)21-2/h4-9,11,14H,3,10,12,20H2,1-2H3. The zero-order valence-electron chi connectivity index (χ0n) is 13.0. The Balaban J connectivity index is 2.21. The van der Waals surface area contributed by atoms with Crippen LogP contribution in [0.2, 0.25) is 5.02 Å². The largest absolute Gasteiger partial charge is 0.496 e. The van der Waals surface area contributed by atoms with Crippen LogP contribution in [0.1, 0.15) is 24.0 Å². The summed E-state index contributed by atoms with van der Waals surface area (Å²) in [4.78, 5) is 0. The van der Waals surface area contributed by atoms with Gasteiger partial charge in [-0.3, -0.25) is 0 Å². The fourth-order valence-electron chi connectivity index (χ4n) is 2.55. The Labute approximate surface area is 137 Å². The number of benzene rings is 2. The predicted octanol–water partition coefficient (Wildman–Crippen LogP) is 4.03. The lowest BCUT2D eigenvalue weighted by Gasteiger charge is -2.19. The molecule has 0 saturated heterocycles. The van der Waals surface area contributed by atoms with Gasteiger partial charge in [-0.05, 0) is 49.2 Å². The number of ether oxygens (including phenoxy) is 2. The van der Waals surface area contributed by atoms with Gasteiger partial charge in [0, 0.05) is 5.92 Å². The van der Waals surface area contributed by atoms with Gasteiger partial charge in [0.2, 0.25) is 0 Å². The second-order valence-electron chi connectivity index (χ2n) is 5.08. The fourth-order valence-corrected chi connectivity index (χ4v) is 2.81. The van der Waals surface area contributed by atoms with E-state index in [4.69, 9.17) is 26.8 Å². The van der Waals surface area contributed by atoms with Crippen molar-refractivity contribution in [3.05, 3.63) is 58.6 Å². The third-order valence-corrected chi connectivity index (χ3v) is 3.94. The Hall–Kier alpha value is -1.71. The molecular formula is C18H22ClNO2. The molecular weight excluding hydrogens is 298 g/mol. The second-order valence-corrected chi connectivity index (χ2v) is 5.48. The van der Waals surface area contributed by atoms with Gasteiger partial charge < -0.3 is 15.2 Å². The van der Waals surface area contributed by atoms with E-state index in [9.17, 15) is 0 Å². The van der Waals surface area contributed by atoms with E-state index in [-0.39, 0.29) is 5.92 Å². The lowest BCUT2D eigenvalue weighted by molar-refractivity contribution is 0.340. The van der Waals surface area contributed by atoms with Crippen molar-refractivity contribution in [3.8, 4) is 11.5 Å². The Bertz CT molecular complexity index is 616. The number of nitrogens with two attached hydrogens (primary N) is 1. The van der Waals surface area contributed by atoms with E-state index in [2.05, 4.69) is 6.07 Å². The van der Waals surface area contributed by atoms with Crippen LogP contribution in [-0.4, -0.2) is 20.3 Å². The van der Waals surface area contributed by atoms with Crippen LogP contribution in [0, 0.1) is 0 Å². The first kappa shape index (κ1) is 16.7. The van der Waals surface area contributed by atoms with Gasteiger partial charge >= 0.3 is 0 Å². The Morgan fingerprint density at radius 1 is 1.14 bits per heavy atom. The van der Waals surface area contributed by atoms with Crippen molar-refractivity contribution in [2.45, 2.75) is 19.3 Å². The van der Waals surface area contributed by atoms with E-state index >= 15 is 0 Å². The average Bonchev–Trinajstić information content (AvgIpc) is 2.55. The Kier molecular flexibility index (Phi) is 6.10. The van der Waals surface area contributed by atoms with E-state index < -0.39 is 0 Å². The van der Waals surface area contributed by atoms with Gasteiger partial charge in [0.25, 0.3) is 0 Å². The topological polar surface area (TPSA) is 44.5 Å². The first-order valence-corrected chi connectivity index (χ1v) is 7.81. The van der Waals surface area contributed by atoms with Crippen molar-refractivity contribution < 1.29 is 9.47 Å². The van der Waals surface area contributed by atoms with E-state index in [0.717, 1.165) is 29.0 Å². The molecule has 0 aliphatic rings. The number of methoxy groups -OCH3 is 1. The molecule has 1 unspecified atom stereocenters. The zero-order chi connectivity index (χ0) is 15.9. The smallest absolute Gasteiger partial charge is 0.137 e. The number of rotatable bonds is 7. The van der Waals surface area contributed by atoms with Crippen molar-refractivity contribution in [1.82, 2.24) is 0 Å². The van der Waals surface area contributed by atoms with Gasteiger partial charge in [-0.25, -0.2) is 0 Å². The maximum atomic E-state index is 6.26. The SMILES string of the molecule is CCOc1ccc(CC(CN)c2ccccc2OC)cc1Cl. The van der Waals surface area contributed by atoms with Crippen LogP contribution in [0.5, 0.6) is 11.5 Å². The van der Waals surface area contributed by atoms with E-state index in [1.165, 1.54) is 0 Å². The van der Waals surface area contributed by atoms with Crippen LogP contribution in [0.3, 0.4) is 0 Å². The molecule has 2 rings (SSSR count). The minimum Gasteiger partial charge on any atom is -0.496 e. The first-order chi connectivity index (χ1) is 10.7. The highest BCUT2D eigenvalue weighted by atomic mass is 35.5. The van der Waals surface area contributed by atoms with Crippen molar-refractivity contribution in [2.24, 2.45) is 5.73 Å². The Morgan fingerprint density at radius 3 is 2.55 bits per heavy atom. The van der Waals surface area contributed by atoms with E-state index in [1.54, 1.807) is 7.11 Å². The molecule has 0 aromatic heterocycles. The fraction of sp³-hybridized carbons (Fsp3) is 0.333. The number of hydrogen-bond acceptors (Lipinski definition) is 3. The number of hydrogen-bond donors (Lipinski definition) is 1. The van der Waals surface area contributed by atoms with Crippen LogP contribution in [-0.2, 0) is 6.42 Å². The van der Waals surface area contributed by atoms with Crippen LogP contribution < -0.4 is 15.2 Å². The summed E-state index contributed by atoms with van der Waals surface area (Å²) in [5.41, 5.74) is 8.24. The van der Waals surface area contributed by atoms with Crippen molar-refractivity contribution in [2.75, 3.05) is 20.3 Å². The summed E-state index contributed by atoms with van der Waals surface area (Å²) in [5.74, 6) is 1.77. The molecule has 0 aliphatic carbocycles. The van der Waals surface area contributed by atoms with Crippen LogP contribution >= 0.6 is 11.6 Å². The molecule has 22 heavy (non-hydrogen) atoms. The van der Waals surface area contributed by atoms with Gasteiger partial charge in [0.15, 0.2) is 0 Å². The van der Waals surface area contributed by atoms with Crippen molar-refractivity contribution in [3.63, 3.8) is 0 Å². The summed E-state index contributed by atoms with van der Waals surface area (Å²) in [6, 6.07) is 13.9. The highest BCUT2D eigenvalue weighted by Gasteiger charge is 2.15. The summed E-state index contributed by atoms with van der Waals surface area (Å²) in [6.45, 7) is 3.09. The van der Waals surface area contributed by atoms with E-state index in [1.807, 2.05) is 43.3 Å². The van der Waals surface area contributed by atoms with Crippen LogP contribution in [0.25, 0.3) is 0 Å². The molecule has 0 spiro atoms. The monoisotopic (exact) mass is 319 g/mol. The molecule has 0 aliphatic heterocycles. The quantitative estimate of drug-likeness (QED) is 0.838. The Morgan fingerprint density at radius 2 is 1.91 bits per heavy atom. The first-order valence-electron chi connectivity index (χ1n) is 7.43. The van der Waals surface area contributed by atoms with Gasteiger partial charge in [-0.1, -0.05) is 35.9 Å². The molecule has 1 atom stereocenters. The van der Waals surface area contributed by atoms with E-state index in [0.29, 0.717) is 18.2 Å². The third kappa shape index (κ3) is 3.93. The predicted molar refractivity (Wildman–Crippen MR) is 91.1 cm³/mol. The molecule has 0 heterocycles. The number of para-hydroxylation sites is 1. The maximum absolute atomic E-state index is 6.26. The average molecular weight is 320 g/mol. The van der Waals surface area contributed by atoms with Gasteiger partial charge in [0.1, 0.15) is 11.5 Å². The molecule has 0 fully saturated rings.